The number of amides is 1. The molecule has 0 saturated carbocycles. The predicted octanol–water partition coefficient (Wildman–Crippen LogP) is 3.80. The van der Waals surface area contributed by atoms with Gasteiger partial charge in [-0.2, -0.15) is 4.31 Å². The van der Waals surface area contributed by atoms with E-state index in [9.17, 15) is 13.2 Å². The van der Waals surface area contributed by atoms with E-state index < -0.39 is 10.0 Å². The van der Waals surface area contributed by atoms with E-state index >= 15 is 0 Å². The zero-order valence-corrected chi connectivity index (χ0v) is 16.9. The molecule has 1 atom stereocenters. The number of nitrogens with one attached hydrogen (secondary N) is 1. The van der Waals surface area contributed by atoms with E-state index in [1.54, 1.807) is 30.3 Å². The largest absolute Gasteiger partial charge is 0.325 e. The van der Waals surface area contributed by atoms with Gasteiger partial charge in [-0.25, -0.2) is 8.42 Å². The summed E-state index contributed by atoms with van der Waals surface area (Å²) in [4.78, 5) is 12.9. The van der Waals surface area contributed by atoms with Crippen molar-refractivity contribution in [1.82, 2.24) is 4.31 Å². The van der Waals surface area contributed by atoms with Gasteiger partial charge in [0.15, 0.2) is 0 Å². The molecule has 1 saturated heterocycles. The summed E-state index contributed by atoms with van der Waals surface area (Å²) in [6.07, 6.45) is 1.34. The van der Waals surface area contributed by atoms with Crippen molar-refractivity contribution in [2.45, 2.75) is 24.7 Å². The number of hydrogen-bond donors (Lipinski definition) is 1. The topological polar surface area (TPSA) is 66.5 Å². The average Bonchev–Trinajstić information content (AvgIpc) is 2.65. The number of sulfonamides is 1. The van der Waals surface area contributed by atoms with E-state index in [1.165, 1.54) is 4.31 Å². The molecule has 0 bridgehead atoms. The van der Waals surface area contributed by atoms with Crippen LogP contribution in [0.3, 0.4) is 0 Å². The first-order chi connectivity index (χ1) is 12.4. The van der Waals surface area contributed by atoms with Crippen LogP contribution >= 0.6 is 15.9 Å². The predicted molar refractivity (Wildman–Crippen MR) is 105 cm³/mol. The minimum absolute atomic E-state index is 0.150. The van der Waals surface area contributed by atoms with E-state index in [0.29, 0.717) is 25.1 Å². The third kappa shape index (κ3) is 4.16. The molecule has 1 aliphatic rings. The summed E-state index contributed by atoms with van der Waals surface area (Å²) in [5.41, 5.74) is 1.79. The Labute approximate surface area is 162 Å². The van der Waals surface area contributed by atoms with Gasteiger partial charge >= 0.3 is 0 Å². The Hall–Kier alpha value is -1.70. The van der Waals surface area contributed by atoms with Gasteiger partial charge in [0.2, 0.25) is 15.9 Å². The molecule has 5 nitrogen and oxygen atoms in total. The van der Waals surface area contributed by atoms with Crippen LogP contribution in [0, 0.1) is 12.8 Å². The van der Waals surface area contributed by atoms with E-state index in [4.69, 9.17) is 0 Å². The van der Waals surface area contributed by atoms with E-state index in [0.717, 1.165) is 10.0 Å². The fourth-order valence-corrected chi connectivity index (χ4v) is 5.21. The molecule has 138 valence electrons. The molecule has 1 heterocycles. The van der Waals surface area contributed by atoms with Crippen LogP contribution in [0.25, 0.3) is 0 Å². The summed E-state index contributed by atoms with van der Waals surface area (Å²) in [5, 5.41) is 2.91. The number of benzene rings is 2. The van der Waals surface area contributed by atoms with Gasteiger partial charge in [0.25, 0.3) is 0 Å². The van der Waals surface area contributed by atoms with E-state index in [1.807, 2.05) is 25.1 Å². The fraction of sp³-hybridized carbons (Fsp3) is 0.316. The van der Waals surface area contributed by atoms with Crippen LogP contribution in [-0.4, -0.2) is 31.7 Å². The van der Waals surface area contributed by atoms with Gasteiger partial charge in [-0.3, -0.25) is 4.79 Å². The van der Waals surface area contributed by atoms with Gasteiger partial charge in [0.05, 0.1) is 16.5 Å². The number of piperidine rings is 1. The maximum atomic E-state index is 12.8. The fourth-order valence-electron chi connectivity index (χ4n) is 3.07. The minimum atomic E-state index is -3.57. The van der Waals surface area contributed by atoms with Crippen LogP contribution < -0.4 is 5.32 Å². The zero-order chi connectivity index (χ0) is 18.7. The quantitative estimate of drug-likeness (QED) is 0.792. The molecule has 0 radical (unpaired) electrons. The number of aryl methyl sites for hydroxylation is 1. The summed E-state index contributed by atoms with van der Waals surface area (Å²) in [5.74, 6) is -0.516. The average molecular weight is 437 g/mol. The Morgan fingerprint density at radius 2 is 1.92 bits per heavy atom. The summed E-state index contributed by atoms with van der Waals surface area (Å²) < 4.78 is 27.8. The van der Waals surface area contributed by atoms with Gasteiger partial charge in [-0.05, 0) is 65.5 Å². The summed E-state index contributed by atoms with van der Waals surface area (Å²) in [6, 6.07) is 14.1. The number of halogens is 1. The number of anilines is 1. The zero-order valence-electron chi connectivity index (χ0n) is 14.5. The third-order valence-corrected chi connectivity index (χ3v) is 7.05. The SMILES string of the molecule is Cc1ccc(NC(=O)[C@@H]2CCCN(S(=O)(=O)c3ccccc3)C2)c(Br)c1. The molecular formula is C19H21BrN2O3S. The molecule has 1 amide bonds. The Morgan fingerprint density at radius 3 is 2.62 bits per heavy atom. The molecule has 3 rings (SSSR count). The lowest BCUT2D eigenvalue weighted by Crippen LogP contribution is -2.43. The second-order valence-corrected chi connectivity index (χ2v) is 9.28. The standard InChI is InChI=1S/C19H21BrN2O3S/c1-14-9-10-18(17(20)12-14)21-19(23)15-6-5-11-22(13-15)26(24,25)16-7-3-2-4-8-16/h2-4,7-10,12,15H,5-6,11,13H2,1H3,(H,21,23)/t15-/m1/s1. The molecule has 0 aromatic heterocycles. The molecule has 7 heteroatoms. The first-order valence-electron chi connectivity index (χ1n) is 8.50. The summed E-state index contributed by atoms with van der Waals surface area (Å²) >= 11 is 3.45. The smallest absolute Gasteiger partial charge is 0.243 e. The van der Waals surface area contributed by atoms with Gasteiger partial charge in [0.1, 0.15) is 0 Å². The maximum absolute atomic E-state index is 12.8. The molecule has 1 N–H and O–H groups in total. The summed E-state index contributed by atoms with van der Waals surface area (Å²) in [6.45, 7) is 2.62. The molecule has 2 aromatic carbocycles. The van der Waals surface area contributed by atoms with Crippen LogP contribution in [0.1, 0.15) is 18.4 Å². The molecule has 1 aliphatic heterocycles. The normalized spacial score (nSPS) is 18.5. The highest BCUT2D eigenvalue weighted by Crippen LogP contribution is 2.27. The number of rotatable bonds is 4. The van der Waals surface area contributed by atoms with Crippen molar-refractivity contribution < 1.29 is 13.2 Å². The van der Waals surface area contributed by atoms with E-state index in [-0.39, 0.29) is 23.3 Å². The van der Waals surface area contributed by atoms with Crippen molar-refractivity contribution in [3.63, 3.8) is 0 Å². The van der Waals surface area contributed by atoms with Crippen LogP contribution in [0.15, 0.2) is 57.9 Å². The number of hydrogen-bond acceptors (Lipinski definition) is 3. The summed E-state index contributed by atoms with van der Waals surface area (Å²) in [7, 11) is -3.57. The molecule has 0 unspecified atom stereocenters. The lowest BCUT2D eigenvalue weighted by atomic mass is 9.98. The Balaban J connectivity index is 1.73. The van der Waals surface area contributed by atoms with Crippen molar-refractivity contribution in [3.05, 3.63) is 58.6 Å². The van der Waals surface area contributed by atoms with Gasteiger partial charge in [-0.15, -0.1) is 0 Å². The molecule has 1 fully saturated rings. The van der Waals surface area contributed by atoms with Crippen molar-refractivity contribution >= 4 is 37.5 Å². The Kier molecular flexibility index (Phi) is 5.79. The highest BCUT2D eigenvalue weighted by molar-refractivity contribution is 9.10. The van der Waals surface area contributed by atoms with Crippen LogP contribution in [0.4, 0.5) is 5.69 Å². The monoisotopic (exact) mass is 436 g/mol. The number of carbonyl (C=O) groups excluding carboxylic acids is 1. The van der Waals surface area contributed by atoms with Crippen molar-refractivity contribution in [2.24, 2.45) is 5.92 Å². The Bertz CT molecular complexity index is 900. The number of nitrogens with zero attached hydrogens (tertiary/aromatic N) is 1. The van der Waals surface area contributed by atoms with E-state index in [2.05, 4.69) is 21.2 Å². The van der Waals surface area contributed by atoms with Gasteiger partial charge < -0.3 is 5.32 Å². The first-order valence-corrected chi connectivity index (χ1v) is 10.7. The van der Waals surface area contributed by atoms with Crippen molar-refractivity contribution in [3.8, 4) is 0 Å². The lowest BCUT2D eigenvalue weighted by Gasteiger charge is -2.31. The number of carbonyl (C=O) groups is 1. The second kappa shape index (κ2) is 7.90. The molecule has 0 spiro atoms. The van der Waals surface area contributed by atoms with Gasteiger partial charge in [-0.1, -0.05) is 24.3 Å². The van der Waals surface area contributed by atoms with Crippen LogP contribution in [-0.2, 0) is 14.8 Å². The first kappa shape index (κ1) is 19.1. The minimum Gasteiger partial charge on any atom is -0.325 e. The Morgan fingerprint density at radius 1 is 1.19 bits per heavy atom. The van der Waals surface area contributed by atoms with Gasteiger partial charge in [0, 0.05) is 17.6 Å². The van der Waals surface area contributed by atoms with Crippen LogP contribution in [0.2, 0.25) is 0 Å². The lowest BCUT2D eigenvalue weighted by molar-refractivity contribution is -0.120. The molecular weight excluding hydrogens is 416 g/mol. The highest BCUT2D eigenvalue weighted by atomic mass is 79.9. The molecule has 0 aliphatic carbocycles. The van der Waals surface area contributed by atoms with Crippen LogP contribution in [0.5, 0.6) is 0 Å². The highest BCUT2D eigenvalue weighted by Gasteiger charge is 2.33. The molecule has 2 aromatic rings. The second-order valence-electron chi connectivity index (χ2n) is 6.49. The van der Waals surface area contributed by atoms with Crippen molar-refractivity contribution in [2.75, 3.05) is 18.4 Å². The van der Waals surface area contributed by atoms with Crippen molar-refractivity contribution in [1.29, 1.82) is 0 Å². The maximum Gasteiger partial charge on any atom is 0.243 e. The third-order valence-electron chi connectivity index (χ3n) is 4.52. The molecule has 26 heavy (non-hydrogen) atoms.